The van der Waals surface area contributed by atoms with Gasteiger partial charge in [-0.25, -0.2) is 0 Å². The van der Waals surface area contributed by atoms with Crippen LogP contribution in [0, 0.1) is 5.92 Å². The first-order valence-electron chi connectivity index (χ1n) is 22.0. The summed E-state index contributed by atoms with van der Waals surface area (Å²) in [6.45, 7) is 18.3. The Morgan fingerprint density at radius 3 is 1.65 bits per heavy atom. The van der Waals surface area contributed by atoms with Gasteiger partial charge < -0.3 is 4.42 Å². The molecule has 0 aliphatic carbocycles. The zero-order valence-corrected chi connectivity index (χ0v) is 41.3. The topological polar surface area (TPSA) is 51.8 Å². The second-order valence-electron chi connectivity index (χ2n) is 17.7. The number of fused-ring (bicyclic) bond motifs is 3. The van der Waals surface area contributed by atoms with Crippen LogP contribution in [-0.4, -0.2) is 23.0 Å². The Morgan fingerprint density at radius 1 is 0.540 bits per heavy atom. The molecule has 0 aliphatic rings. The van der Waals surface area contributed by atoms with Crippen LogP contribution in [0.15, 0.2) is 181 Å². The normalized spacial score (nSPS) is 11.1. The summed E-state index contributed by atoms with van der Waals surface area (Å²) in [6.07, 6.45) is 8.00. The van der Waals surface area contributed by atoms with Crippen LogP contribution >= 0.6 is 0 Å². The third-order valence-electron chi connectivity index (χ3n) is 11.1. The predicted molar refractivity (Wildman–Crippen MR) is 267 cm³/mol. The summed E-state index contributed by atoms with van der Waals surface area (Å²) in [5.74, 6) is 1.16. The van der Waals surface area contributed by atoms with E-state index in [0.717, 1.165) is 57.4 Å². The number of aromatic nitrogens is 3. The van der Waals surface area contributed by atoms with Gasteiger partial charge in [0.05, 0.1) is 25.2 Å². The molecule has 1 radical (unpaired) electrons. The fourth-order valence-corrected chi connectivity index (χ4v) is 9.59. The maximum absolute atomic E-state index is 6.38. The van der Waals surface area contributed by atoms with Crippen molar-refractivity contribution in [3.63, 3.8) is 0 Å². The van der Waals surface area contributed by atoms with E-state index in [-0.39, 0.29) is 20.1 Å². The predicted octanol–water partition coefficient (Wildman–Crippen LogP) is 15.2. The molecule has 321 valence electrons. The quantitative estimate of drug-likeness (QED) is 0.135. The van der Waals surface area contributed by atoms with Gasteiger partial charge in [0.25, 0.3) is 0 Å². The van der Waals surface area contributed by atoms with E-state index in [4.69, 9.17) is 9.40 Å². The molecule has 9 rings (SSSR count). The molecular formula is C57H59IrN3OSi. The van der Waals surface area contributed by atoms with Crippen LogP contribution in [0.5, 0.6) is 0 Å². The Bertz CT molecular complexity index is 2850. The van der Waals surface area contributed by atoms with Gasteiger partial charge in [-0.3, -0.25) is 15.0 Å². The van der Waals surface area contributed by atoms with Crippen molar-refractivity contribution in [2.45, 2.75) is 73.0 Å². The number of furan rings is 1. The van der Waals surface area contributed by atoms with Crippen LogP contribution < -0.4 is 5.19 Å². The fraction of sp³-hybridized carbons (Fsp3) is 0.211. The van der Waals surface area contributed by atoms with Crippen molar-refractivity contribution in [2.24, 2.45) is 5.92 Å². The molecule has 0 spiro atoms. The van der Waals surface area contributed by atoms with Crippen LogP contribution in [0.3, 0.4) is 0 Å². The monoisotopic (exact) mass is 1020 g/mol. The molecule has 0 fully saturated rings. The third-order valence-corrected chi connectivity index (χ3v) is 13.1. The fourth-order valence-electron chi connectivity index (χ4n) is 7.91. The molecule has 6 heteroatoms. The van der Waals surface area contributed by atoms with Gasteiger partial charge in [-0.1, -0.05) is 170 Å². The second-order valence-corrected chi connectivity index (χ2v) is 22.7. The minimum absolute atomic E-state index is 0. The standard InChI is InChI=1S/C27H23NO.C17H23NSi.C13H13N.Ir/c1-18(2)16-19-14-15-28-24(17-19)22-13-12-21(20-8-4-3-5-9-20)26-23-10-6-7-11-25(23)29-27(22)26;1-13(2)15-11-16(14-9-7-6-8-10-14)18-12-17(15)19(3,4)5;1-2-11-8-9-14-13(10-11)12-6-4-3-5-7-12;/h3-15,17-18H,16H2,1-2H3;6-13H,1-5H3;3-10H,2H2,1H3;. The van der Waals surface area contributed by atoms with E-state index < -0.39 is 8.07 Å². The minimum atomic E-state index is -1.33. The third kappa shape index (κ3) is 11.6. The van der Waals surface area contributed by atoms with Crippen LogP contribution in [-0.2, 0) is 32.9 Å². The molecule has 0 saturated carbocycles. The summed E-state index contributed by atoms with van der Waals surface area (Å²) in [7, 11) is -1.33. The van der Waals surface area contributed by atoms with E-state index >= 15 is 0 Å². The Morgan fingerprint density at radius 2 is 1.06 bits per heavy atom. The van der Waals surface area contributed by atoms with E-state index in [0.29, 0.717) is 11.8 Å². The molecular weight excluding hydrogens is 963 g/mol. The zero-order chi connectivity index (χ0) is 43.6. The summed E-state index contributed by atoms with van der Waals surface area (Å²) < 4.78 is 6.38. The van der Waals surface area contributed by atoms with Crippen LogP contribution in [0.4, 0.5) is 0 Å². The van der Waals surface area contributed by atoms with Crippen LogP contribution in [0.25, 0.3) is 66.8 Å². The smallest absolute Gasteiger partial charge is 0.145 e. The molecule has 0 aliphatic heterocycles. The van der Waals surface area contributed by atoms with Gasteiger partial charge in [0.1, 0.15) is 11.2 Å². The summed E-state index contributed by atoms with van der Waals surface area (Å²) in [6, 6.07) is 54.6. The molecule has 0 atom stereocenters. The first kappa shape index (κ1) is 46.7. The van der Waals surface area contributed by atoms with E-state index in [9.17, 15) is 0 Å². The molecule has 4 aromatic heterocycles. The van der Waals surface area contributed by atoms with E-state index in [1.54, 1.807) is 0 Å². The van der Waals surface area contributed by atoms with Crippen molar-refractivity contribution < 1.29 is 24.5 Å². The van der Waals surface area contributed by atoms with Gasteiger partial charge in [0, 0.05) is 66.2 Å². The van der Waals surface area contributed by atoms with Gasteiger partial charge in [0.2, 0.25) is 0 Å². The molecule has 0 unspecified atom stereocenters. The summed E-state index contributed by atoms with van der Waals surface area (Å²) >= 11 is 0. The first-order chi connectivity index (χ1) is 30.0. The molecule has 0 amide bonds. The number of pyridine rings is 3. The molecule has 0 N–H and O–H groups in total. The maximum atomic E-state index is 6.38. The van der Waals surface area contributed by atoms with Gasteiger partial charge in [-0.05, 0) is 100 Å². The Balaban J connectivity index is 0.000000168. The van der Waals surface area contributed by atoms with Crippen molar-refractivity contribution in [1.82, 2.24) is 15.0 Å². The summed E-state index contributed by atoms with van der Waals surface area (Å²) in [5.41, 5.74) is 14.8. The molecule has 5 aromatic carbocycles. The van der Waals surface area contributed by atoms with E-state index in [1.165, 1.54) is 44.1 Å². The van der Waals surface area contributed by atoms with Gasteiger partial charge >= 0.3 is 0 Å². The van der Waals surface area contributed by atoms with Crippen molar-refractivity contribution in [3.05, 3.63) is 193 Å². The average Bonchev–Trinajstić information content (AvgIpc) is 3.69. The Hall–Kier alpha value is -5.78. The number of para-hydroxylation sites is 1. The van der Waals surface area contributed by atoms with Gasteiger partial charge in [-0.2, -0.15) is 0 Å². The molecule has 4 nitrogen and oxygen atoms in total. The maximum Gasteiger partial charge on any atom is 0.145 e. The van der Waals surface area contributed by atoms with Gasteiger partial charge in [-0.15, -0.1) is 0 Å². The molecule has 63 heavy (non-hydrogen) atoms. The minimum Gasteiger partial charge on any atom is -0.455 e. The van der Waals surface area contributed by atoms with Crippen LogP contribution in [0.1, 0.15) is 57.2 Å². The van der Waals surface area contributed by atoms with Crippen LogP contribution in [0.2, 0.25) is 19.6 Å². The number of aryl methyl sites for hydroxylation is 1. The van der Waals surface area contributed by atoms with Crippen molar-refractivity contribution in [1.29, 1.82) is 0 Å². The number of hydrogen-bond donors (Lipinski definition) is 0. The average molecular weight is 1020 g/mol. The van der Waals surface area contributed by atoms with Gasteiger partial charge in [0.15, 0.2) is 0 Å². The number of rotatable bonds is 9. The second kappa shape index (κ2) is 21.5. The number of hydrogen-bond acceptors (Lipinski definition) is 4. The van der Waals surface area contributed by atoms with Crippen molar-refractivity contribution >= 4 is 35.2 Å². The summed E-state index contributed by atoms with van der Waals surface area (Å²) in [5, 5.41) is 3.78. The van der Waals surface area contributed by atoms with E-state index in [2.05, 4.69) is 186 Å². The van der Waals surface area contributed by atoms with Crippen molar-refractivity contribution in [3.8, 4) is 44.9 Å². The van der Waals surface area contributed by atoms with Crippen molar-refractivity contribution in [2.75, 3.05) is 0 Å². The SMILES string of the molecule is CC(C)Cc1ccnc(-c2ccc(-c3ccccc3)c3c2oc2ccccc23)c1.CC(C)c1cc(-c2ccccc2)ncc1[Si](C)(C)C.CCc1ccnc(-c2ccccc2)c1.[Ir]. The summed E-state index contributed by atoms with van der Waals surface area (Å²) in [4.78, 5) is 13.7. The zero-order valence-electron chi connectivity index (χ0n) is 37.9. The largest absolute Gasteiger partial charge is 0.455 e. The molecule has 0 bridgehead atoms. The van der Waals surface area contributed by atoms with E-state index in [1.807, 2.05) is 54.9 Å². The number of nitrogens with zero attached hydrogens (tertiary/aromatic N) is 3. The first-order valence-corrected chi connectivity index (χ1v) is 25.5. The molecule has 9 aromatic rings. The molecule has 0 saturated heterocycles. The Kier molecular flexibility index (Phi) is 16.0. The number of benzene rings is 5. The molecule has 4 heterocycles. The Labute approximate surface area is 389 Å².